The molecular weight excluding hydrogens is 279 g/mol. The summed E-state index contributed by atoms with van der Waals surface area (Å²) in [4.78, 5) is 12.3. The average molecular weight is 298 g/mol. The zero-order valence-corrected chi connectivity index (χ0v) is 12.2. The molecule has 1 aromatic rings. The normalized spacial score (nSPS) is 21.7. The molecule has 1 aromatic carbocycles. The Bertz CT molecular complexity index is 459. The fraction of sp³-hybridized carbons (Fsp3) is 0.500. The second-order valence-electron chi connectivity index (χ2n) is 4.65. The first-order valence-corrected chi connectivity index (χ1v) is 7.68. The number of carbonyl (C=O) groups is 1. The molecule has 0 aliphatic carbocycles. The number of hydrogen-bond donors (Lipinski definition) is 2. The summed E-state index contributed by atoms with van der Waals surface area (Å²) in [7, 11) is 0. The molecule has 2 amide bonds. The number of ether oxygens (including phenoxy) is 1. The third kappa shape index (κ3) is 4.38. The number of benzene rings is 1. The minimum absolute atomic E-state index is 0.0635. The molecule has 6 heteroatoms. The molecule has 4 nitrogen and oxygen atoms in total. The van der Waals surface area contributed by atoms with Gasteiger partial charge in [0.05, 0.1) is 12.1 Å². The van der Waals surface area contributed by atoms with Gasteiger partial charge in [-0.2, -0.15) is 0 Å². The molecule has 0 saturated carbocycles. The van der Waals surface area contributed by atoms with E-state index < -0.39 is 0 Å². The Morgan fingerprint density at radius 3 is 3.00 bits per heavy atom. The van der Waals surface area contributed by atoms with Gasteiger partial charge in [0.25, 0.3) is 0 Å². The van der Waals surface area contributed by atoms with E-state index in [4.69, 9.17) is 4.74 Å². The smallest absolute Gasteiger partial charge is 0.315 e. The second-order valence-corrected chi connectivity index (χ2v) is 5.79. The number of urea groups is 1. The number of halogens is 1. The van der Waals surface area contributed by atoms with E-state index in [1.165, 1.54) is 17.8 Å². The van der Waals surface area contributed by atoms with Gasteiger partial charge in [-0.1, -0.05) is 12.1 Å². The monoisotopic (exact) mass is 298 g/mol. The topological polar surface area (TPSA) is 50.4 Å². The average Bonchev–Trinajstić information content (AvgIpc) is 2.82. The van der Waals surface area contributed by atoms with Crippen LogP contribution in [0.2, 0.25) is 0 Å². The van der Waals surface area contributed by atoms with E-state index >= 15 is 0 Å². The molecule has 1 fully saturated rings. The van der Waals surface area contributed by atoms with Gasteiger partial charge in [0.2, 0.25) is 0 Å². The van der Waals surface area contributed by atoms with Crippen LogP contribution in [0.4, 0.5) is 9.18 Å². The third-order valence-electron chi connectivity index (χ3n) is 3.17. The minimum atomic E-state index is -0.223. The lowest BCUT2D eigenvalue weighted by molar-refractivity contribution is 0.114. The predicted molar refractivity (Wildman–Crippen MR) is 77.5 cm³/mol. The van der Waals surface area contributed by atoms with Crippen molar-refractivity contribution in [1.82, 2.24) is 10.6 Å². The molecule has 2 atom stereocenters. The van der Waals surface area contributed by atoms with Crippen LogP contribution in [-0.2, 0) is 4.74 Å². The minimum Gasteiger partial charge on any atom is -0.376 e. The fourth-order valence-corrected chi connectivity index (χ4v) is 2.83. The van der Waals surface area contributed by atoms with Crippen LogP contribution in [0, 0.1) is 5.82 Å². The molecule has 0 unspecified atom stereocenters. The van der Waals surface area contributed by atoms with Crippen LogP contribution in [-0.4, -0.2) is 37.1 Å². The molecule has 1 aliphatic rings. The van der Waals surface area contributed by atoms with Crippen molar-refractivity contribution in [2.75, 3.05) is 18.9 Å². The van der Waals surface area contributed by atoms with E-state index in [-0.39, 0.29) is 24.0 Å². The van der Waals surface area contributed by atoms with Crippen LogP contribution in [0.25, 0.3) is 0 Å². The van der Waals surface area contributed by atoms with Gasteiger partial charge in [-0.15, -0.1) is 11.8 Å². The van der Waals surface area contributed by atoms with E-state index in [9.17, 15) is 9.18 Å². The van der Waals surface area contributed by atoms with Gasteiger partial charge in [-0.25, -0.2) is 9.18 Å². The van der Waals surface area contributed by atoms with Gasteiger partial charge in [0.15, 0.2) is 0 Å². The zero-order valence-electron chi connectivity index (χ0n) is 11.4. The first-order valence-electron chi connectivity index (χ1n) is 6.70. The molecule has 1 saturated heterocycles. The highest BCUT2D eigenvalue weighted by Crippen LogP contribution is 2.20. The van der Waals surface area contributed by atoms with Crippen molar-refractivity contribution in [2.45, 2.75) is 30.4 Å². The highest BCUT2D eigenvalue weighted by Gasteiger charge is 2.25. The number of rotatable bonds is 5. The maximum Gasteiger partial charge on any atom is 0.315 e. The van der Waals surface area contributed by atoms with Gasteiger partial charge in [-0.05, 0) is 25.5 Å². The lowest BCUT2D eigenvalue weighted by Crippen LogP contribution is -2.45. The van der Waals surface area contributed by atoms with E-state index in [1.807, 2.05) is 6.92 Å². The Morgan fingerprint density at radius 2 is 2.30 bits per heavy atom. The zero-order chi connectivity index (χ0) is 14.4. The van der Waals surface area contributed by atoms with Gasteiger partial charge in [0, 0.05) is 23.8 Å². The summed E-state index contributed by atoms with van der Waals surface area (Å²) >= 11 is 1.39. The molecule has 20 heavy (non-hydrogen) atoms. The third-order valence-corrected chi connectivity index (χ3v) is 4.22. The van der Waals surface area contributed by atoms with Crippen molar-refractivity contribution in [3.05, 3.63) is 30.1 Å². The summed E-state index contributed by atoms with van der Waals surface area (Å²) in [5.41, 5.74) is 0. The van der Waals surface area contributed by atoms with Crippen molar-refractivity contribution in [1.29, 1.82) is 0 Å². The van der Waals surface area contributed by atoms with Crippen LogP contribution in [0.1, 0.15) is 13.3 Å². The fourth-order valence-electron chi connectivity index (χ4n) is 2.03. The van der Waals surface area contributed by atoms with E-state index in [0.29, 0.717) is 23.8 Å². The molecule has 0 radical (unpaired) electrons. The summed E-state index contributed by atoms with van der Waals surface area (Å²) in [6.07, 6.45) is 0.909. The second kappa shape index (κ2) is 7.50. The number of carbonyl (C=O) groups excluding carboxylic acids is 1. The molecule has 1 heterocycles. The molecular formula is C14H19FN2O2S. The van der Waals surface area contributed by atoms with E-state index in [2.05, 4.69) is 10.6 Å². The van der Waals surface area contributed by atoms with Crippen molar-refractivity contribution in [3.8, 4) is 0 Å². The molecule has 0 bridgehead atoms. The molecule has 0 spiro atoms. The lowest BCUT2D eigenvalue weighted by atomic mass is 10.2. The predicted octanol–water partition coefficient (Wildman–Crippen LogP) is 2.39. The molecule has 110 valence electrons. The number of hydrogen-bond acceptors (Lipinski definition) is 3. The Balaban J connectivity index is 1.63. The van der Waals surface area contributed by atoms with Gasteiger partial charge >= 0.3 is 6.03 Å². The van der Waals surface area contributed by atoms with Gasteiger partial charge in [-0.3, -0.25) is 0 Å². The highest BCUT2D eigenvalue weighted by molar-refractivity contribution is 7.99. The molecule has 2 N–H and O–H groups in total. The van der Waals surface area contributed by atoms with Crippen molar-refractivity contribution in [2.24, 2.45) is 0 Å². The summed E-state index contributed by atoms with van der Waals surface area (Å²) in [6.45, 7) is 3.13. The Hall–Kier alpha value is -1.27. The summed E-state index contributed by atoms with van der Waals surface area (Å²) in [6, 6.07) is 6.51. The molecule has 2 rings (SSSR count). The van der Waals surface area contributed by atoms with E-state index in [0.717, 1.165) is 6.42 Å². The quantitative estimate of drug-likeness (QED) is 0.648. The first-order chi connectivity index (χ1) is 9.66. The van der Waals surface area contributed by atoms with E-state index in [1.54, 1.807) is 18.2 Å². The van der Waals surface area contributed by atoms with Gasteiger partial charge in [0.1, 0.15) is 5.82 Å². The van der Waals surface area contributed by atoms with Crippen LogP contribution in [0.15, 0.2) is 29.2 Å². The summed E-state index contributed by atoms with van der Waals surface area (Å²) in [5.74, 6) is 0.407. The van der Waals surface area contributed by atoms with Crippen molar-refractivity contribution in [3.63, 3.8) is 0 Å². The largest absolute Gasteiger partial charge is 0.376 e. The van der Waals surface area contributed by atoms with Crippen LogP contribution in [0.5, 0.6) is 0 Å². The SMILES string of the molecule is C[C@H]1OCC[C@H]1NC(=O)NCCSc1ccccc1F. The summed E-state index contributed by atoms with van der Waals surface area (Å²) < 4.78 is 18.7. The van der Waals surface area contributed by atoms with Crippen molar-refractivity contribution < 1.29 is 13.9 Å². The molecule has 0 aromatic heterocycles. The van der Waals surface area contributed by atoms with Crippen LogP contribution >= 0.6 is 11.8 Å². The number of nitrogens with one attached hydrogen (secondary N) is 2. The van der Waals surface area contributed by atoms with Crippen LogP contribution < -0.4 is 10.6 Å². The summed E-state index contributed by atoms with van der Waals surface area (Å²) in [5, 5.41) is 5.65. The first kappa shape index (κ1) is 15.1. The maximum absolute atomic E-state index is 13.4. The van der Waals surface area contributed by atoms with Crippen LogP contribution in [0.3, 0.4) is 0 Å². The molecule has 1 aliphatic heterocycles. The Morgan fingerprint density at radius 1 is 1.50 bits per heavy atom. The number of thioether (sulfide) groups is 1. The number of amides is 2. The Labute approximate surface area is 122 Å². The standard InChI is InChI=1S/C14H19FN2O2S/c1-10-12(6-8-19-10)17-14(18)16-7-9-20-13-5-3-2-4-11(13)15/h2-5,10,12H,6-9H2,1H3,(H2,16,17,18)/t10-,12-/m1/s1. The highest BCUT2D eigenvalue weighted by atomic mass is 32.2. The lowest BCUT2D eigenvalue weighted by Gasteiger charge is -2.16. The Kier molecular flexibility index (Phi) is 5.67. The van der Waals surface area contributed by atoms with Gasteiger partial charge < -0.3 is 15.4 Å². The van der Waals surface area contributed by atoms with Crippen molar-refractivity contribution >= 4 is 17.8 Å². The maximum atomic E-state index is 13.4.